The lowest BCUT2D eigenvalue weighted by molar-refractivity contribution is -0.306. The maximum Gasteiger partial charge on any atom is 0.236 e. The smallest absolute Gasteiger partial charge is 0.236 e. The monoisotopic (exact) mass is 430 g/mol. The SMILES string of the molecule is CCN(O)C(Cc1cccc(Cl)c1)OC1(C2CCCN2C=O)Cc2ccccc2O1. The van der Waals surface area contributed by atoms with Crippen LogP contribution in [0.25, 0.3) is 0 Å². The molecule has 0 bridgehead atoms. The van der Waals surface area contributed by atoms with Gasteiger partial charge in [-0.15, -0.1) is 0 Å². The molecule has 4 rings (SSSR count). The Morgan fingerprint density at radius 2 is 2.20 bits per heavy atom. The minimum Gasteiger partial charge on any atom is -0.459 e. The number of ether oxygens (including phenoxy) is 2. The van der Waals surface area contributed by atoms with Crippen LogP contribution in [0.2, 0.25) is 5.02 Å². The number of hydrogen-bond acceptors (Lipinski definition) is 5. The van der Waals surface area contributed by atoms with Crippen molar-refractivity contribution in [2.75, 3.05) is 13.1 Å². The highest BCUT2D eigenvalue weighted by atomic mass is 35.5. The Morgan fingerprint density at radius 1 is 1.37 bits per heavy atom. The number of para-hydroxylation sites is 1. The molecule has 160 valence electrons. The third-order valence-corrected chi connectivity index (χ3v) is 6.16. The van der Waals surface area contributed by atoms with E-state index in [-0.39, 0.29) is 6.04 Å². The van der Waals surface area contributed by atoms with Gasteiger partial charge in [-0.25, -0.2) is 0 Å². The summed E-state index contributed by atoms with van der Waals surface area (Å²) in [6.07, 6.45) is 2.84. The summed E-state index contributed by atoms with van der Waals surface area (Å²) in [5.74, 6) is -0.293. The number of rotatable bonds is 8. The lowest BCUT2D eigenvalue weighted by atomic mass is 9.98. The molecule has 1 amide bonds. The van der Waals surface area contributed by atoms with Crippen LogP contribution in [-0.4, -0.2) is 52.7 Å². The van der Waals surface area contributed by atoms with E-state index >= 15 is 0 Å². The van der Waals surface area contributed by atoms with Crippen molar-refractivity contribution in [3.05, 3.63) is 64.7 Å². The van der Waals surface area contributed by atoms with Crippen LogP contribution in [-0.2, 0) is 22.4 Å². The third-order valence-electron chi connectivity index (χ3n) is 5.92. The molecule has 2 heterocycles. The molecule has 0 spiro atoms. The highest BCUT2D eigenvalue weighted by Crippen LogP contribution is 2.43. The summed E-state index contributed by atoms with van der Waals surface area (Å²) in [5.41, 5.74) is 1.99. The number of amides is 1. The van der Waals surface area contributed by atoms with Gasteiger partial charge in [0, 0.05) is 36.5 Å². The molecule has 0 aliphatic carbocycles. The summed E-state index contributed by atoms with van der Waals surface area (Å²) in [5, 5.41) is 12.5. The van der Waals surface area contributed by atoms with Crippen LogP contribution in [0, 0.1) is 0 Å². The summed E-state index contributed by atoms with van der Waals surface area (Å²) in [6, 6.07) is 15.1. The highest BCUT2D eigenvalue weighted by Gasteiger charge is 2.53. The van der Waals surface area contributed by atoms with Crippen LogP contribution in [0.4, 0.5) is 0 Å². The van der Waals surface area contributed by atoms with Crippen molar-refractivity contribution in [2.45, 2.75) is 50.7 Å². The fourth-order valence-electron chi connectivity index (χ4n) is 4.46. The van der Waals surface area contributed by atoms with Gasteiger partial charge >= 0.3 is 0 Å². The van der Waals surface area contributed by atoms with E-state index in [0.29, 0.717) is 31.0 Å². The van der Waals surface area contributed by atoms with E-state index < -0.39 is 12.0 Å². The van der Waals surface area contributed by atoms with Crippen molar-refractivity contribution >= 4 is 18.0 Å². The Morgan fingerprint density at radius 3 is 2.93 bits per heavy atom. The fraction of sp³-hybridized carbons (Fsp3) is 0.435. The number of likely N-dealkylation sites (N-methyl/N-ethyl adjacent to an activating group) is 1. The molecule has 1 saturated heterocycles. The van der Waals surface area contributed by atoms with Crippen LogP contribution in [0.3, 0.4) is 0 Å². The summed E-state index contributed by atoms with van der Waals surface area (Å²) >= 11 is 6.15. The molecule has 0 radical (unpaired) electrons. The fourth-order valence-corrected chi connectivity index (χ4v) is 4.68. The average molecular weight is 431 g/mol. The van der Waals surface area contributed by atoms with Crippen molar-refractivity contribution in [3.8, 4) is 5.75 Å². The van der Waals surface area contributed by atoms with Gasteiger partial charge in [0.1, 0.15) is 12.0 Å². The van der Waals surface area contributed by atoms with Gasteiger partial charge in [-0.2, -0.15) is 5.06 Å². The summed E-state index contributed by atoms with van der Waals surface area (Å²) in [4.78, 5) is 13.5. The van der Waals surface area contributed by atoms with Crippen LogP contribution in [0.15, 0.2) is 48.5 Å². The van der Waals surface area contributed by atoms with Crippen LogP contribution >= 0.6 is 11.6 Å². The normalized spacial score (nSPS) is 24.0. The molecule has 3 unspecified atom stereocenters. The van der Waals surface area contributed by atoms with Crippen LogP contribution < -0.4 is 4.74 Å². The molecular weight excluding hydrogens is 404 g/mol. The summed E-state index contributed by atoms with van der Waals surface area (Å²) < 4.78 is 13.0. The quantitative estimate of drug-likeness (QED) is 0.391. The number of nitrogens with zero attached hydrogens (tertiary/aromatic N) is 2. The molecule has 3 atom stereocenters. The van der Waals surface area contributed by atoms with Crippen molar-refractivity contribution in [1.29, 1.82) is 0 Å². The predicted octanol–water partition coefficient (Wildman–Crippen LogP) is 3.89. The number of halogens is 1. The Bertz CT molecular complexity index is 868. The second-order valence-electron chi connectivity index (χ2n) is 7.86. The van der Waals surface area contributed by atoms with Gasteiger partial charge in [0.2, 0.25) is 12.2 Å². The molecule has 1 fully saturated rings. The van der Waals surface area contributed by atoms with Crippen molar-refractivity contribution in [3.63, 3.8) is 0 Å². The molecule has 2 aliphatic heterocycles. The lowest BCUT2D eigenvalue weighted by Crippen LogP contribution is -2.58. The first-order chi connectivity index (χ1) is 14.5. The largest absolute Gasteiger partial charge is 0.459 e. The molecule has 2 aliphatic rings. The Hall–Kier alpha value is -2.12. The maximum absolute atomic E-state index is 11.7. The second-order valence-corrected chi connectivity index (χ2v) is 8.30. The van der Waals surface area contributed by atoms with Crippen molar-refractivity contribution < 1.29 is 19.5 Å². The molecule has 2 aromatic rings. The molecule has 1 N–H and O–H groups in total. The minimum atomic E-state index is -1.06. The molecular formula is C23H27ClN2O4. The summed E-state index contributed by atoms with van der Waals surface area (Å²) in [6.45, 7) is 2.92. The van der Waals surface area contributed by atoms with E-state index in [1.54, 1.807) is 4.90 Å². The average Bonchev–Trinajstić information content (AvgIpc) is 3.37. The number of carbonyl (C=O) groups is 1. The van der Waals surface area contributed by atoms with Crippen molar-refractivity contribution in [1.82, 2.24) is 9.96 Å². The van der Waals surface area contributed by atoms with Crippen LogP contribution in [0.5, 0.6) is 5.75 Å². The number of hydrogen-bond donors (Lipinski definition) is 1. The van der Waals surface area contributed by atoms with E-state index in [1.807, 2.05) is 55.5 Å². The Balaban J connectivity index is 1.66. The number of carbonyl (C=O) groups excluding carboxylic acids is 1. The zero-order valence-corrected chi connectivity index (χ0v) is 17.8. The first kappa shape index (κ1) is 21.1. The van der Waals surface area contributed by atoms with Gasteiger partial charge in [-0.1, -0.05) is 41.9 Å². The predicted molar refractivity (Wildman–Crippen MR) is 113 cm³/mol. The van der Waals surface area contributed by atoms with Gasteiger partial charge in [0.05, 0.1) is 6.04 Å². The lowest BCUT2D eigenvalue weighted by Gasteiger charge is -2.41. The molecule has 2 aromatic carbocycles. The standard InChI is InChI=1S/C23H27ClN2O4/c1-2-26(28)22(14-17-7-5-9-19(24)13-17)30-23(21-11-6-12-25(21)16-27)15-18-8-3-4-10-20(18)29-23/h3-5,7-10,13,16,21-22,28H,2,6,11-12,14-15H2,1H3. The molecule has 7 heteroatoms. The molecule has 6 nitrogen and oxygen atoms in total. The molecule has 0 aromatic heterocycles. The molecule has 30 heavy (non-hydrogen) atoms. The maximum atomic E-state index is 11.7. The van der Waals surface area contributed by atoms with Gasteiger partial charge in [0.15, 0.2) is 0 Å². The zero-order valence-electron chi connectivity index (χ0n) is 17.0. The second kappa shape index (κ2) is 8.94. The van der Waals surface area contributed by atoms with Gasteiger partial charge < -0.3 is 19.6 Å². The van der Waals surface area contributed by atoms with E-state index in [9.17, 15) is 10.0 Å². The Kier molecular flexibility index (Phi) is 6.29. The summed E-state index contributed by atoms with van der Waals surface area (Å²) in [7, 11) is 0. The zero-order chi connectivity index (χ0) is 21.1. The molecule has 0 saturated carbocycles. The number of fused-ring (bicyclic) bond motifs is 1. The number of hydroxylamine groups is 2. The van der Waals surface area contributed by atoms with E-state index in [2.05, 4.69) is 0 Å². The van der Waals surface area contributed by atoms with E-state index in [4.69, 9.17) is 21.1 Å². The highest BCUT2D eigenvalue weighted by molar-refractivity contribution is 6.30. The number of likely N-dealkylation sites (tertiary alicyclic amines) is 1. The van der Waals surface area contributed by atoms with Gasteiger partial charge in [0.25, 0.3) is 0 Å². The third kappa shape index (κ3) is 4.18. The van der Waals surface area contributed by atoms with Gasteiger partial charge in [-0.05, 0) is 43.5 Å². The van der Waals surface area contributed by atoms with E-state index in [0.717, 1.165) is 36.1 Å². The first-order valence-corrected chi connectivity index (χ1v) is 10.8. The first-order valence-electron chi connectivity index (χ1n) is 10.4. The Labute approximate surface area is 181 Å². The van der Waals surface area contributed by atoms with Crippen LogP contribution in [0.1, 0.15) is 30.9 Å². The van der Waals surface area contributed by atoms with Crippen molar-refractivity contribution in [2.24, 2.45) is 0 Å². The minimum absolute atomic E-state index is 0.227. The number of benzene rings is 2. The van der Waals surface area contributed by atoms with E-state index in [1.165, 1.54) is 5.06 Å². The van der Waals surface area contributed by atoms with Gasteiger partial charge in [-0.3, -0.25) is 4.79 Å². The topological polar surface area (TPSA) is 62.2 Å².